The van der Waals surface area contributed by atoms with E-state index in [2.05, 4.69) is 29.3 Å². The average molecular weight is 406 g/mol. The van der Waals surface area contributed by atoms with Crippen molar-refractivity contribution in [3.05, 3.63) is 70.6 Å². The lowest BCUT2D eigenvalue weighted by molar-refractivity contribution is -0.118. The number of carbonyl (C=O) groups is 1. The summed E-state index contributed by atoms with van der Waals surface area (Å²) in [6.07, 6.45) is 2.58. The Bertz CT molecular complexity index is 1070. The van der Waals surface area contributed by atoms with Gasteiger partial charge in [0.2, 0.25) is 0 Å². The van der Waals surface area contributed by atoms with Gasteiger partial charge in [0.25, 0.3) is 5.91 Å². The summed E-state index contributed by atoms with van der Waals surface area (Å²) < 4.78 is 10.7. The maximum atomic E-state index is 12.2. The monoisotopic (exact) mass is 406 g/mol. The fourth-order valence-electron chi connectivity index (χ4n) is 3.86. The lowest BCUT2D eigenvalue weighted by Gasteiger charge is -2.30. The molecular weight excluding hydrogens is 380 g/mol. The van der Waals surface area contributed by atoms with Crippen molar-refractivity contribution < 1.29 is 13.9 Å². The lowest BCUT2D eigenvalue weighted by atomic mass is 10.00. The Morgan fingerprint density at radius 3 is 2.77 bits per heavy atom. The van der Waals surface area contributed by atoms with Crippen LogP contribution in [0.15, 0.2) is 63.8 Å². The second-order valence-corrected chi connectivity index (χ2v) is 7.97. The fourth-order valence-corrected chi connectivity index (χ4v) is 3.86. The molecule has 156 valence electrons. The highest BCUT2D eigenvalue weighted by Crippen LogP contribution is 2.20. The molecule has 1 amide bonds. The second-order valence-electron chi connectivity index (χ2n) is 7.97. The Morgan fingerprint density at radius 2 is 1.97 bits per heavy atom. The zero-order valence-corrected chi connectivity index (χ0v) is 17.1. The number of hydrogen-bond acceptors (Lipinski definition) is 5. The van der Waals surface area contributed by atoms with Gasteiger partial charge in [-0.15, -0.1) is 0 Å². The second kappa shape index (κ2) is 9.13. The minimum Gasteiger partial charge on any atom is -0.484 e. The number of benzene rings is 2. The molecule has 2 heterocycles. The zero-order valence-electron chi connectivity index (χ0n) is 17.1. The highest BCUT2D eigenvalue weighted by Gasteiger charge is 2.16. The Labute approximate surface area is 175 Å². The largest absolute Gasteiger partial charge is 0.484 e. The summed E-state index contributed by atoms with van der Waals surface area (Å²) in [5.74, 6) is 0.983. The Kier molecular flexibility index (Phi) is 6.14. The van der Waals surface area contributed by atoms with Crippen molar-refractivity contribution in [2.45, 2.75) is 26.3 Å². The predicted molar refractivity (Wildman–Crippen MR) is 117 cm³/mol. The van der Waals surface area contributed by atoms with Gasteiger partial charge in [-0.25, -0.2) is 4.79 Å². The molecule has 1 saturated heterocycles. The summed E-state index contributed by atoms with van der Waals surface area (Å²) in [5.41, 5.74) is 2.00. The van der Waals surface area contributed by atoms with Crippen LogP contribution in [0.25, 0.3) is 11.0 Å². The smallest absolute Gasteiger partial charge is 0.336 e. The van der Waals surface area contributed by atoms with Crippen molar-refractivity contribution in [3.63, 3.8) is 0 Å². The summed E-state index contributed by atoms with van der Waals surface area (Å²) in [5, 5.41) is 3.64. The van der Waals surface area contributed by atoms with Crippen LogP contribution in [0.1, 0.15) is 25.3 Å². The molecule has 0 bridgehead atoms. The molecule has 3 aromatic rings. The van der Waals surface area contributed by atoms with Crippen molar-refractivity contribution in [1.29, 1.82) is 0 Å². The zero-order chi connectivity index (χ0) is 20.9. The third-order valence-corrected chi connectivity index (χ3v) is 5.35. The summed E-state index contributed by atoms with van der Waals surface area (Å²) in [6.45, 7) is 5.42. The maximum absolute atomic E-state index is 12.2. The van der Waals surface area contributed by atoms with E-state index in [0.717, 1.165) is 36.6 Å². The van der Waals surface area contributed by atoms with Crippen molar-refractivity contribution in [2.75, 3.05) is 25.0 Å². The van der Waals surface area contributed by atoms with Crippen molar-refractivity contribution in [1.82, 2.24) is 4.90 Å². The maximum Gasteiger partial charge on any atom is 0.336 e. The molecule has 1 fully saturated rings. The van der Waals surface area contributed by atoms with Crippen molar-refractivity contribution in [2.24, 2.45) is 5.92 Å². The summed E-state index contributed by atoms with van der Waals surface area (Å²) in [7, 11) is 0. The van der Waals surface area contributed by atoms with Gasteiger partial charge in [-0.05, 0) is 61.2 Å². The van der Waals surface area contributed by atoms with E-state index in [9.17, 15) is 9.59 Å². The van der Waals surface area contributed by atoms with E-state index in [1.807, 2.05) is 12.1 Å². The summed E-state index contributed by atoms with van der Waals surface area (Å²) in [6, 6.07) is 16.2. The Hall–Kier alpha value is -3.12. The number of hydrogen-bond donors (Lipinski definition) is 1. The number of nitrogens with zero attached hydrogens (tertiary/aromatic N) is 1. The van der Waals surface area contributed by atoms with E-state index < -0.39 is 5.63 Å². The molecule has 1 aliphatic heterocycles. The average Bonchev–Trinajstić information content (AvgIpc) is 2.73. The fraction of sp³-hybridized carbons (Fsp3) is 0.333. The van der Waals surface area contributed by atoms with Crippen LogP contribution >= 0.6 is 0 Å². The van der Waals surface area contributed by atoms with Crippen LogP contribution in [0.3, 0.4) is 0 Å². The van der Waals surface area contributed by atoms with E-state index in [1.54, 1.807) is 24.3 Å². The number of piperidine rings is 1. The molecule has 4 rings (SSSR count). The molecule has 0 radical (unpaired) electrons. The molecular formula is C24H26N2O4. The number of fused-ring (bicyclic) bond motifs is 1. The normalized spacial score (nSPS) is 17.0. The van der Waals surface area contributed by atoms with Crippen LogP contribution in [0, 0.1) is 5.92 Å². The number of nitrogens with one attached hydrogen (secondary N) is 1. The van der Waals surface area contributed by atoms with Gasteiger partial charge < -0.3 is 14.5 Å². The lowest BCUT2D eigenvalue weighted by Crippen LogP contribution is -2.33. The molecule has 2 aromatic carbocycles. The molecule has 1 aliphatic rings. The van der Waals surface area contributed by atoms with Gasteiger partial charge in [0.05, 0.1) is 0 Å². The molecule has 1 unspecified atom stereocenters. The molecule has 1 N–H and O–H groups in total. The molecule has 1 aromatic heterocycles. The summed E-state index contributed by atoms with van der Waals surface area (Å²) in [4.78, 5) is 26.1. The first kappa shape index (κ1) is 20.2. The van der Waals surface area contributed by atoms with Crippen LogP contribution in [-0.4, -0.2) is 30.5 Å². The minimum absolute atomic E-state index is 0.129. The molecule has 30 heavy (non-hydrogen) atoms. The SMILES string of the molecule is CC1CCCN(Cc2ccc(NC(=O)COc3ccc4ccc(=O)oc4c3)cc2)C1. The highest BCUT2D eigenvalue weighted by molar-refractivity contribution is 5.92. The van der Waals surface area contributed by atoms with Gasteiger partial charge in [-0.1, -0.05) is 19.1 Å². The predicted octanol–water partition coefficient (Wildman–Crippen LogP) is 4.04. The van der Waals surface area contributed by atoms with Gasteiger partial charge in [0, 0.05) is 36.3 Å². The molecule has 6 heteroatoms. The van der Waals surface area contributed by atoms with Crippen LogP contribution in [0.5, 0.6) is 5.75 Å². The van der Waals surface area contributed by atoms with Gasteiger partial charge in [0.1, 0.15) is 11.3 Å². The third-order valence-electron chi connectivity index (χ3n) is 5.35. The number of carbonyl (C=O) groups excluding carboxylic acids is 1. The molecule has 0 aliphatic carbocycles. The van der Waals surface area contributed by atoms with Crippen LogP contribution in [-0.2, 0) is 11.3 Å². The first-order valence-electron chi connectivity index (χ1n) is 10.3. The van der Waals surface area contributed by atoms with Crippen LogP contribution in [0.4, 0.5) is 5.69 Å². The van der Waals surface area contributed by atoms with Gasteiger partial charge in [-0.3, -0.25) is 9.69 Å². The molecule has 0 spiro atoms. The number of rotatable bonds is 6. The van der Waals surface area contributed by atoms with Crippen LogP contribution < -0.4 is 15.7 Å². The standard InChI is InChI=1S/C24H26N2O4/c1-17-3-2-12-26(14-17)15-18-4-8-20(9-5-18)25-23(27)16-29-21-10-6-19-7-11-24(28)30-22(19)13-21/h4-11,13,17H,2-3,12,14-16H2,1H3,(H,25,27). The Morgan fingerprint density at radius 1 is 1.17 bits per heavy atom. The van der Waals surface area contributed by atoms with Gasteiger partial charge in [0.15, 0.2) is 6.61 Å². The van der Waals surface area contributed by atoms with E-state index >= 15 is 0 Å². The van der Waals surface area contributed by atoms with Gasteiger partial charge in [-0.2, -0.15) is 0 Å². The topological polar surface area (TPSA) is 71.8 Å². The highest BCUT2D eigenvalue weighted by atomic mass is 16.5. The van der Waals surface area contributed by atoms with E-state index in [4.69, 9.17) is 9.15 Å². The van der Waals surface area contributed by atoms with Gasteiger partial charge >= 0.3 is 5.63 Å². The van der Waals surface area contributed by atoms with E-state index in [0.29, 0.717) is 11.3 Å². The summed E-state index contributed by atoms with van der Waals surface area (Å²) >= 11 is 0. The molecule has 6 nitrogen and oxygen atoms in total. The quantitative estimate of drug-likeness (QED) is 0.626. The molecule has 0 saturated carbocycles. The number of anilines is 1. The number of amides is 1. The third kappa shape index (κ3) is 5.27. The van der Waals surface area contributed by atoms with Crippen molar-refractivity contribution in [3.8, 4) is 5.75 Å². The first-order valence-corrected chi connectivity index (χ1v) is 10.3. The number of ether oxygens (including phenoxy) is 1. The number of likely N-dealkylation sites (tertiary alicyclic amines) is 1. The van der Waals surface area contributed by atoms with E-state index in [-0.39, 0.29) is 12.5 Å². The van der Waals surface area contributed by atoms with E-state index in [1.165, 1.54) is 24.5 Å². The first-order chi connectivity index (χ1) is 14.5. The van der Waals surface area contributed by atoms with Crippen molar-refractivity contribution >= 4 is 22.6 Å². The Balaban J connectivity index is 1.29. The molecule has 1 atom stereocenters. The van der Waals surface area contributed by atoms with Crippen LogP contribution in [0.2, 0.25) is 0 Å². The minimum atomic E-state index is -0.421.